The van der Waals surface area contributed by atoms with Gasteiger partial charge in [-0.3, -0.25) is 9.59 Å². The van der Waals surface area contributed by atoms with E-state index in [0.29, 0.717) is 6.54 Å². The van der Waals surface area contributed by atoms with Crippen LogP contribution in [0.4, 0.5) is 14.5 Å². The fourth-order valence-corrected chi connectivity index (χ4v) is 4.39. The number of anilines is 1. The van der Waals surface area contributed by atoms with Gasteiger partial charge in [0.25, 0.3) is 0 Å². The second-order valence-electron chi connectivity index (χ2n) is 9.76. The van der Waals surface area contributed by atoms with Gasteiger partial charge in [0.1, 0.15) is 6.04 Å². The Hall–Kier alpha value is -2.18. The Kier molecular flexibility index (Phi) is 6.39. The third-order valence-electron chi connectivity index (χ3n) is 6.35. The van der Waals surface area contributed by atoms with Crippen molar-refractivity contribution in [3.63, 3.8) is 0 Å². The lowest BCUT2D eigenvalue weighted by atomic mass is 9.87. The maximum absolute atomic E-state index is 13.5. The average Bonchev–Trinajstić information content (AvgIpc) is 3.09. The predicted molar refractivity (Wildman–Crippen MR) is 114 cm³/mol. The van der Waals surface area contributed by atoms with Crippen molar-refractivity contribution < 1.29 is 18.4 Å². The first kappa shape index (κ1) is 22.5. The van der Waals surface area contributed by atoms with Gasteiger partial charge in [0.05, 0.1) is 0 Å². The summed E-state index contributed by atoms with van der Waals surface area (Å²) in [5, 5.41) is 5.79. The molecule has 1 aliphatic heterocycles. The number of halogens is 2. The molecule has 30 heavy (non-hydrogen) atoms. The molecule has 5 nitrogen and oxygen atoms in total. The second-order valence-corrected chi connectivity index (χ2v) is 9.76. The molecule has 1 heterocycles. The van der Waals surface area contributed by atoms with E-state index in [0.717, 1.165) is 5.69 Å². The maximum Gasteiger partial charge on any atom is 0.248 e. The first-order valence-corrected chi connectivity index (χ1v) is 10.7. The fraction of sp³-hybridized carbons (Fsp3) is 0.652. The van der Waals surface area contributed by atoms with Gasteiger partial charge in [-0.25, -0.2) is 8.78 Å². The van der Waals surface area contributed by atoms with Crippen molar-refractivity contribution in [1.82, 2.24) is 10.6 Å². The van der Waals surface area contributed by atoms with Gasteiger partial charge in [-0.05, 0) is 36.0 Å². The second kappa shape index (κ2) is 8.52. The van der Waals surface area contributed by atoms with Crippen LogP contribution in [0, 0.1) is 5.92 Å². The summed E-state index contributed by atoms with van der Waals surface area (Å²) in [6.07, 6.45) is 0.437. The Morgan fingerprint density at radius 3 is 2.30 bits per heavy atom. The van der Waals surface area contributed by atoms with E-state index >= 15 is 0 Å². The van der Waals surface area contributed by atoms with Gasteiger partial charge in [0.2, 0.25) is 17.7 Å². The Morgan fingerprint density at radius 2 is 1.80 bits per heavy atom. The molecule has 2 atom stereocenters. The summed E-state index contributed by atoms with van der Waals surface area (Å²) in [5.74, 6) is -3.07. The van der Waals surface area contributed by atoms with Crippen LogP contribution in [-0.4, -0.2) is 43.4 Å². The molecule has 2 N–H and O–H groups in total. The molecule has 2 aliphatic rings. The molecule has 1 aromatic rings. The molecule has 2 amide bonds. The van der Waals surface area contributed by atoms with Crippen LogP contribution in [0.25, 0.3) is 0 Å². The summed E-state index contributed by atoms with van der Waals surface area (Å²) in [4.78, 5) is 26.9. The number of amides is 2. The molecule has 166 valence electrons. The Balaban J connectivity index is 1.76. The van der Waals surface area contributed by atoms with E-state index in [1.54, 1.807) is 0 Å². The summed E-state index contributed by atoms with van der Waals surface area (Å²) >= 11 is 0. The van der Waals surface area contributed by atoms with Gasteiger partial charge >= 0.3 is 0 Å². The van der Waals surface area contributed by atoms with Crippen LogP contribution in [0.1, 0.15) is 58.4 Å². The van der Waals surface area contributed by atoms with Crippen LogP contribution >= 0.6 is 0 Å². The number of hydrogen-bond acceptors (Lipinski definition) is 3. The van der Waals surface area contributed by atoms with Crippen LogP contribution < -0.4 is 15.5 Å². The normalized spacial score (nSPS) is 23.0. The molecule has 3 rings (SSSR count). The summed E-state index contributed by atoms with van der Waals surface area (Å²) in [7, 11) is 1.86. The minimum absolute atomic E-state index is 0.0265. The van der Waals surface area contributed by atoms with Crippen LogP contribution in [0.2, 0.25) is 0 Å². The zero-order chi connectivity index (χ0) is 22.1. The van der Waals surface area contributed by atoms with Gasteiger partial charge in [-0.1, -0.05) is 32.9 Å². The summed E-state index contributed by atoms with van der Waals surface area (Å²) in [5.41, 5.74) is 2.11. The van der Waals surface area contributed by atoms with Crippen molar-refractivity contribution in [2.24, 2.45) is 5.92 Å². The summed E-state index contributed by atoms with van der Waals surface area (Å²) in [6, 6.07) is 7.30. The van der Waals surface area contributed by atoms with Crippen molar-refractivity contribution in [1.29, 1.82) is 0 Å². The van der Waals surface area contributed by atoms with Crippen molar-refractivity contribution in [2.75, 3.05) is 18.5 Å². The average molecular weight is 422 g/mol. The van der Waals surface area contributed by atoms with Crippen molar-refractivity contribution in [3.05, 3.63) is 29.8 Å². The Morgan fingerprint density at radius 1 is 1.20 bits per heavy atom. The van der Waals surface area contributed by atoms with Gasteiger partial charge in [0, 0.05) is 50.5 Å². The van der Waals surface area contributed by atoms with E-state index in [9.17, 15) is 18.4 Å². The number of alkyl halides is 2. The van der Waals surface area contributed by atoms with Crippen LogP contribution in [0.3, 0.4) is 0 Å². The van der Waals surface area contributed by atoms with Crippen molar-refractivity contribution in [3.8, 4) is 0 Å². The first-order valence-electron chi connectivity index (χ1n) is 10.7. The number of carbonyl (C=O) groups excluding carboxylic acids is 2. The van der Waals surface area contributed by atoms with E-state index in [-0.39, 0.29) is 61.3 Å². The van der Waals surface area contributed by atoms with E-state index in [1.165, 1.54) is 5.56 Å². The van der Waals surface area contributed by atoms with Crippen molar-refractivity contribution >= 4 is 17.5 Å². The monoisotopic (exact) mass is 421 g/mol. The number of rotatable bonds is 5. The minimum atomic E-state index is -2.63. The number of hydrogen-bond donors (Lipinski definition) is 2. The molecule has 0 bridgehead atoms. The molecule has 0 aromatic heterocycles. The number of nitrogens with zero attached hydrogens (tertiary/aromatic N) is 1. The molecule has 1 aliphatic carbocycles. The molecule has 7 heteroatoms. The maximum atomic E-state index is 13.5. The molecule has 1 saturated carbocycles. The molecule has 2 unspecified atom stereocenters. The minimum Gasteiger partial charge on any atom is -0.362 e. The number of likely N-dealkylation sites (N-methyl/N-ethyl adjacent to an activating group) is 1. The van der Waals surface area contributed by atoms with E-state index in [1.807, 2.05) is 24.1 Å². The van der Waals surface area contributed by atoms with Gasteiger partial charge in [-0.2, -0.15) is 0 Å². The summed E-state index contributed by atoms with van der Waals surface area (Å²) in [6.45, 7) is 6.87. The van der Waals surface area contributed by atoms with E-state index in [4.69, 9.17) is 0 Å². The van der Waals surface area contributed by atoms with E-state index < -0.39 is 12.0 Å². The highest BCUT2D eigenvalue weighted by atomic mass is 19.3. The predicted octanol–water partition coefficient (Wildman–Crippen LogP) is 3.62. The van der Waals surface area contributed by atoms with Gasteiger partial charge in [0.15, 0.2) is 0 Å². The van der Waals surface area contributed by atoms with Crippen LogP contribution in [0.5, 0.6) is 0 Å². The number of benzene rings is 1. The highest BCUT2D eigenvalue weighted by molar-refractivity contribution is 5.88. The smallest absolute Gasteiger partial charge is 0.248 e. The molecular weight excluding hydrogens is 388 g/mol. The van der Waals surface area contributed by atoms with Crippen molar-refractivity contribution in [2.45, 2.75) is 76.3 Å². The highest BCUT2D eigenvalue weighted by Crippen LogP contribution is 2.33. The lowest BCUT2D eigenvalue weighted by molar-refractivity contribution is -0.125. The molecule has 0 radical (unpaired) electrons. The van der Waals surface area contributed by atoms with Crippen LogP contribution in [0.15, 0.2) is 24.3 Å². The lowest BCUT2D eigenvalue weighted by Gasteiger charge is -2.35. The number of carbonyl (C=O) groups is 2. The van der Waals surface area contributed by atoms with Gasteiger partial charge in [-0.15, -0.1) is 0 Å². The quantitative estimate of drug-likeness (QED) is 0.763. The zero-order valence-electron chi connectivity index (χ0n) is 18.3. The molecule has 2 fully saturated rings. The standard InChI is InChI=1S/C23H33F2N3O2/c1-22(2,3)16-5-7-18(8-6-16)28(4)20(15-13-19(29)26-14-15)21(30)27-17-9-11-23(24,25)12-10-17/h5-8,15,17,20H,9-14H2,1-4H3,(H,26,29)(H,27,30). The molecular formula is C23H33F2N3O2. The molecule has 1 aromatic carbocycles. The zero-order valence-corrected chi connectivity index (χ0v) is 18.3. The lowest BCUT2D eigenvalue weighted by Crippen LogP contribution is -2.53. The fourth-order valence-electron chi connectivity index (χ4n) is 4.39. The largest absolute Gasteiger partial charge is 0.362 e. The topological polar surface area (TPSA) is 61.4 Å². The SMILES string of the molecule is CN(c1ccc(C(C)(C)C)cc1)C(C(=O)NC1CCC(F)(F)CC1)C1CNC(=O)C1. The Bertz CT molecular complexity index is 764. The molecule has 1 saturated heterocycles. The first-order chi connectivity index (χ1) is 14.0. The molecule has 0 spiro atoms. The summed E-state index contributed by atoms with van der Waals surface area (Å²) < 4.78 is 26.9. The Labute approximate surface area is 177 Å². The highest BCUT2D eigenvalue weighted by Gasteiger charge is 2.40. The number of nitrogens with one attached hydrogen (secondary N) is 2. The van der Waals surface area contributed by atoms with E-state index in [2.05, 4.69) is 43.5 Å². The third-order valence-corrected chi connectivity index (χ3v) is 6.35. The van der Waals surface area contributed by atoms with Gasteiger partial charge < -0.3 is 15.5 Å². The third kappa shape index (κ3) is 5.29. The van der Waals surface area contributed by atoms with Crippen LogP contribution in [-0.2, 0) is 15.0 Å².